The summed E-state index contributed by atoms with van der Waals surface area (Å²) in [4.78, 5) is 28.7. The third-order valence-electron chi connectivity index (χ3n) is 4.03. The molecule has 0 aromatic heterocycles. The highest BCUT2D eigenvalue weighted by Gasteiger charge is 2.55. The van der Waals surface area contributed by atoms with E-state index in [0.29, 0.717) is 11.4 Å². The summed E-state index contributed by atoms with van der Waals surface area (Å²) in [5.74, 6) is 0. The molecule has 0 aromatic rings. The fourth-order valence-electron chi connectivity index (χ4n) is 3.41. The summed E-state index contributed by atoms with van der Waals surface area (Å²) >= 11 is 0. The molecule has 0 fully saturated rings. The number of aliphatic imine (C=N–C) groups is 2. The van der Waals surface area contributed by atoms with Gasteiger partial charge in [0, 0.05) is 11.1 Å². The van der Waals surface area contributed by atoms with Crippen LogP contribution in [0.3, 0.4) is 0 Å². The molecular weight excluding hydrogens is 240 g/mol. The molecule has 0 N–H and O–H groups in total. The van der Waals surface area contributed by atoms with Gasteiger partial charge < -0.3 is 0 Å². The second kappa shape index (κ2) is 3.15. The van der Waals surface area contributed by atoms with Gasteiger partial charge in [-0.2, -0.15) is 9.98 Å². The van der Waals surface area contributed by atoms with E-state index in [2.05, 4.69) is 9.98 Å². The Labute approximate surface area is 108 Å². The molecule has 4 aliphatic rings. The maximum Gasteiger partial charge on any atom is 0.240 e. The van der Waals surface area contributed by atoms with E-state index >= 15 is 0 Å². The van der Waals surface area contributed by atoms with Gasteiger partial charge in [0.25, 0.3) is 0 Å². The Bertz CT molecular complexity index is 750. The molecule has 0 saturated heterocycles. The van der Waals surface area contributed by atoms with Crippen LogP contribution in [0.1, 0.15) is 0 Å². The number of nitrogens with zero attached hydrogens (tertiary/aromatic N) is 2. The molecule has 0 aliphatic heterocycles. The lowest BCUT2D eigenvalue weighted by molar-refractivity contribution is 0.563. The average Bonchev–Trinajstić information content (AvgIpc) is 3.15. The highest BCUT2D eigenvalue weighted by molar-refractivity contribution is 5.81. The molecule has 88 valence electrons. The summed E-state index contributed by atoms with van der Waals surface area (Å²) in [6.45, 7) is 0. The van der Waals surface area contributed by atoms with E-state index in [1.807, 2.05) is 36.5 Å². The molecule has 19 heavy (non-hydrogen) atoms. The largest absolute Gasteiger partial charge is 0.240 e. The first kappa shape index (κ1) is 10.2. The van der Waals surface area contributed by atoms with Crippen molar-refractivity contribution in [1.29, 1.82) is 0 Å². The molecule has 4 nitrogen and oxygen atoms in total. The van der Waals surface area contributed by atoms with Crippen LogP contribution in [0.15, 0.2) is 80.1 Å². The zero-order valence-electron chi connectivity index (χ0n) is 9.68. The minimum absolute atomic E-state index is 0.397. The van der Waals surface area contributed by atoms with Crippen LogP contribution in [0, 0.1) is 5.41 Å². The van der Waals surface area contributed by atoms with Gasteiger partial charge in [0.2, 0.25) is 12.2 Å². The average molecular weight is 246 g/mol. The van der Waals surface area contributed by atoms with Crippen molar-refractivity contribution in [3.63, 3.8) is 0 Å². The molecule has 4 rings (SSSR count). The van der Waals surface area contributed by atoms with Crippen molar-refractivity contribution in [2.75, 3.05) is 0 Å². The summed E-state index contributed by atoms with van der Waals surface area (Å²) in [7, 11) is 0. The maximum atomic E-state index is 10.6. The van der Waals surface area contributed by atoms with Crippen LogP contribution in [0.4, 0.5) is 0 Å². The molecule has 0 atom stereocenters. The molecule has 0 saturated carbocycles. The van der Waals surface area contributed by atoms with E-state index in [0.717, 1.165) is 22.3 Å². The Hall–Kier alpha value is -2.80. The number of allylic oxidation sites excluding steroid dienone is 10. The monoisotopic (exact) mass is 246 g/mol. The minimum atomic E-state index is -0.397. The Kier molecular flexibility index (Phi) is 1.68. The molecule has 0 amide bonds. The summed E-state index contributed by atoms with van der Waals surface area (Å²) < 4.78 is 0. The van der Waals surface area contributed by atoms with E-state index in [4.69, 9.17) is 0 Å². The van der Waals surface area contributed by atoms with E-state index in [9.17, 15) is 9.59 Å². The van der Waals surface area contributed by atoms with Crippen LogP contribution in [0.5, 0.6) is 0 Å². The van der Waals surface area contributed by atoms with Crippen molar-refractivity contribution in [2.45, 2.75) is 0 Å². The van der Waals surface area contributed by atoms with Crippen LogP contribution in [0.25, 0.3) is 0 Å². The standard InChI is InChI=1S/C15H6N2O2/c18-7-16-13-11-5-6-12(14(13)17-8-19)15(11)9-1-2-10(15)4-3-9/h1-6H. The normalized spacial score (nSPS) is 22.9. The first-order valence-corrected chi connectivity index (χ1v) is 5.78. The maximum absolute atomic E-state index is 10.6. The molecule has 0 radical (unpaired) electrons. The number of hydrogen-bond donors (Lipinski definition) is 0. The van der Waals surface area contributed by atoms with Gasteiger partial charge in [0.15, 0.2) is 0 Å². The second-order valence-corrected chi connectivity index (χ2v) is 4.59. The predicted molar refractivity (Wildman–Crippen MR) is 67.2 cm³/mol. The molecule has 0 unspecified atom stereocenters. The number of rotatable bonds is 2. The second-order valence-electron chi connectivity index (χ2n) is 4.59. The van der Waals surface area contributed by atoms with Crippen LogP contribution in [-0.4, -0.2) is 12.2 Å². The third kappa shape index (κ3) is 0.902. The van der Waals surface area contributed by atoms with Crippen molar-refractivity contribution >= 4 is 12.2 Å². The van der Waals surface area contributed by atoms with Crippen LogP contribution < -0.4 is 0 Å². The van der Waals surface area contributed by atoms with E-state index in [1.165, 1.54) is 12.2 Å². The van der Waals surface area contributed by atoms with E-state index < -0.39 is 5.41 Å². The van der Waals surface area contributed by atoms with E-state index in [1.54, 1.807) is 0 Å². The van der Waals surface area contributed by atoms with E-state index in [-0.39, 0.29) is 0 Å². The number of isocyanates is 2. The molecule has 1 spiro atoms. The summed E-state index contributed by atoms with van der Waals surface area (Å²) in [5.41, 5.74) is 4.47. The highest BCUT2D eigenvalue weighted by atomic mass is 16.1. The Balaban J connectivity index is 2.10. The molecule has 4 heteroatoms. The fourth-order valence-corrected chi connectivity index (χ4v) is 3.41. The quantitative estimate of drug-likeness (QED) is 0.553. The fraction of sp³-hybridized carbons (Fsp3) is 0.0667. The van der Waals surface area contributed by atoms with Gasteiger partial charge in [0.05, 0.1) is 5.41 Å². The highest BCUT2D eigenvalue weighted by Crippen LogP contribution is 2.65. The third-order valence-corrected chi connectivity index (χ3v) is 4.03. The Morgan fingerprint density at radius 1 is 0.789 bits per heavy atom. The topological polar surface area (TPSA) is 58.9 Å². The van der Waals surface area contributed by atoms with Crippen LogP contribution in [0.2, 0.25) is 0 Å². The van der Waals surface area contributed by atoms with Gasteiger partial charge in [0.1, 0.15) is 11.4 Å². The molecule has 4 aliphatic carbocycles. The Morgan fingerprint density at radius 3 is 1.63 bits per heavy atom. The molecule has 0 heterocycles. The Morgan fingerprint density at radius 2 is 1.26 bits per heavy atom. The van der Waals surface area contributed by atoms with Gasteiger partial charge in [-0.3, -0.25) is 0 Å². The van der Waals surface area contributed by atoms with Crippen molar-refractivity contribution < 1.29 is 9.59 Å². The van der Waals surface area contributed by atoms with Crippen molar-refractivity contribution in [2.24, 2.45) is 15.4 Å². The SMILES string of the molecule is O=C=NC1=C2C=CC(=C1N=C=O)C21C2=CC=C1C=C2. The predicted octanol–water partition coefficient (Wildman–Crippen LogP) is 2.17. The van der Waals surface area contributed by atoms with Crippen molar-refractivity contribution in [3.05, 3.63) is 70.1 Å². The van der Waals surface area contributed by atoms with Gasteiger partial charge in [-0.1, -0.05) is 36.5 Å². The number of hydrogen-bond acceptors (Lipinski definition) is 4. The lowest BCUT2D eigenvalue weighted by Gasteiger charge is -2.25. The van der Waals surface area contributed by atoms with Crippen LogP contribution in [-0.2, 0) is 9.59 Å². The molecular formula is C15H6N2O2. The smallest absolute Gasteiger partial charge is 0.211 e. The minimum Gasteiger partial charge on any atom is -0.211 e. The van der Waals surface area contributed by atoms with Gasteiger partial charge in [-0.25, -0.2) is 9.59 Å². The summed E-state index contributed by atoms with van der Waals surface area (Å²) in [6.07, 6.45) is 15.1. The molecule has 4 bridgehead atoms. The zero-order chi connectivity index (χ0) is 13.0. The lowest BCUT2D eigenvalue weighted by atomic mass is 9.75. The van der Waals surface area contributed by atoms with Crippen LogP contribution >= 0.6 is 0 Å². The summed E-state index contributed by atoms with van der Waals surface area (Å²) in [6, 6.07) is 0. The first-order valence-electron chi connectivity index (χ1n) is 5.78. The van der Waals surface area contributed by atoms with Crippen molar-refractivity contribution in [1.82, 2.24) is 0 Å². The van der Waals surface area contributed by atoms with Gasteiger partial charge >= 0.3 is 0 Å². The molecule has 0 aromatic carbocycles. The lowest BCUT2D eigenvalue weighted by Crippen LogP contribution is -2.17. The van der Waals surface area contributed by atoms with Crippen molar-refractivity contribution in [3.8, 4) is 0 Å². The first-order chi connectivity index (χ1) is 9.33. The zero-order valence-corrected chi connectivity index (χ0v) is 9.68. The van der Waals surface area contributed by atoms with Gasteiger partial charge in [-0.15, -0.1) is 0 Å². The summed E-state index contributed by atoms with van der Waals surface area (Å²) in [5, 5.41) is 0. The van der Waals surface area contributed by atoms with Gasteiger partial charge in [-0.05, 0) is 11.1 Å². The number of carbonyl (C=O) groups excluding carboxylic acids is 2.